The lowest BCUT2D eigenvalue weighted by Crippen LogP contribution is -2.30. The molecule has 1 fully saturated rings. The van der Waals surface area contributed by atoms with Gasteiger partial charge in [-0.1, -0.05) is 17.7 Å². The summed E-state index contributed by atoms with van der Waals surface area (Å²) < 4.78 is 6.93. The number of aryl methyl sites for hydroxylation is 1. The number of hydrogen-bond acceptors (Lipinski definition) is 4. The molecule has 1 saturated heterocycles. The van der Waals surface area contributed by atoms with Crippen LogP contribution in [0.3, 0.4) is 0 Å². The Morgan fingerprint density at radius 1 is 1.29 bits per heavy atom. The molecule has 7 nitrogen and oxygen atoms in total. The van der Waals surface area contributed by atoms with Gasteiger partial charge in [-0.3, -0.25) is 9.78 Å². The van der Waals surface area contributed by atoms with Crippen LogP contribution in [0.4, 0.5) is 11.4 Å². The summed E-state index contributed by atoms with van der Waals surface area (Å²) >= 11 is 12.2. The van der Waals surface area contributed by atoms with E-state index in [1.54, 1.807) is 18.3 Å². The van der Waals surface area contributed by atoms with Crippen molar-refractivity contribution in [3.8, 4) is 0 Å². The number of rotatable bonds is 6. The lowest BCUT2D eigenvalue weighted by Gasteiger charge is -2.28. The Labute approximate surface area is 191 Å². The number of thiocarbonyl (C=S) groups is 1. The second-order valence-electron chi connectivity index (χ2n) is 7.19. The van der Waals surface area contributed by atoms with Crippen LogP contribution in [0.15, 0.2) is 60.9 Å². The van der Waals surface area contributed by atoms with Crippen molar-refractivity contribution in [2.24, 2.45) is 7.05 Å². The van der Waals surface area contributed by atoms with E-state index in [4.69, 9.17) is 28.6 Å². The predicted molar refractivity (Wildman–Crippen MR) is 125 cm³/mol. The number of anilines is 2. The van der Waals surface area contributed by atoms with Crippen molar-refractivity contribution in [3.05, 3.63) is 77.3 Å². The average molecular weight is 456 g/mol. The van der Waals surface area contributed by atoms with Crippen LogP contribution in [0, 0.1) is 0 Å². The molecule has 2 aromatic heterocycles. The molecule has 4 rings (SSSR count). The lowest BCUT2D eigenvalue weighted by molar-refractivity contribution is -0.119. The van der Waals surface area contributed by atoms with Crippen LogP contribution in [0.2, 0.25) is 5.02 Å². The van der Waals surface area contributed by atoms with Crippen LogP contribution in [0.5, 0.6) is 0 Å². The number of aromatic nitrogens is 2. The highest BCUT2D eigenvalue weighted by Crippen LogP contribution is 2.42. The van der Waals surface area contributed by atoms with Gasteiger partial charge < -0.3 is 24.8 Å². The van der Waals surface area contributed by atoms with E-state index in [-0.39, 0.29) is 24.6 Å². The zero-order valence-electron chi connectivity index (χ0n) is 17.1. The van der Waals surface area contributed by atoms with E-state index in [0.717, 1.165) is 17.1 Å². The summed E-state index contributed by atoms with van der Waals surface area (Å²) in [7, 11) is 3.47. The minimum Gasteiger partial charge on any atom is -0.375 e. The molecule has 31 heavy (non-hydrogen) atoms. The van der Waals surface area contributed by atoms with Crippen LogP contribution < -0.4 is 15.5 Å². The van der Waals surface area contributed by atoms with Crippen molar-refractivity contribution >= 4 is 46.2 Å². The summed E-state index contributed by atoms with van der Waals surface area (Å²) in [5.74, 6) is -0.271. The predicted octanol–water partition coefficient (Wildman–Crippen LogP) is 3.84. The minimum atomic E-state index is -0.271. The fourth-order valence-electron chi connectivity index (χ4n) is 3.79. The summed E-state index contributed by atoms with van der Waals surface area (Å²) in [6.07, 6.45) is 3.78. The Balaban J connectivity index is 1.72. The van der Waals surface area contributed by atoms with Gasteiger partial charge in [0.25, 0.3) is 0 Å². The highest BCUT2D eigenvalue weighted by atomic mass is 35.5. The van der Waals surface area contributed by atoms with Gasteiger partial charge in [-0.15, -0.1) is 0 Å². The van der Waals surface area contributed by atoms with E-state index in [1.165, 1.54) is 7.11 Å². The Hall–Kier alpha value is -2.94. The van der Waals surface area contributed by atoms with Gasteiger partial charge >= 0.3 is 0 Å². The number of carbonyl (C=O) groups is 1. The van der Waals surface area contributed by atoms with Crippen molar-refractivity contribution < 1.29 is 9.53 Å². The molecule has 2 atom stereocenters. The zero-order valence-corrected chi connectivity index (χ0v) is 18.7. The summed E-state index contributed by atoms with van der Waals surface area (Å²) in [6.45, 7) is -0.0421. The molecule has 0 unspecified atom stereocenters. The maximum Gasteiger partial charge on any atom is 0.250 e. The second-order valence-corrected chi connectivity index (χ2v) is 7.98. The quantitative estimate of drug-likeness (QED) is 0.550. The number of amides is 1. The van der Waals surface area contributed by atoms with Crippen molar-refractivity contribution in [1.29, 1.82) is 0 Å². The van der Waals surface area contributed by atoms with Crippen molar-refractivity contribution in [2.75, 3.05) is 23.9 Å². The van der Waals surface area contributed by atoms with E-state index in [0.29, 0.717) is 15.8 Å². The van der Waals surface area contributed by atoms with Crippen LogP contribution in [-0.2, 0) is 16.6 Å². The summed E-state index contributed by atoms with van der Waals surface area (Å²) in [4.78, 5) is 18.4. The van der Waals surface area contributed by atoms with Gasteiger partial charge in [0.2, 0.25) is 5.91 Å². The number of benzene rings is 1. The van der Waals surface area contributed by atoms with E-state index in [1.807, 2.05) is 48.5 Å². The fraction of sp³-hybridized carbons (Fsp3) is 0.227. The molecular weight excluding hydrogens is 434 g/mol. The number of halogens is 1. The molecule has 0 saturated carbocycles. The molecule has 0 radical (unpaired) electrons. The van der Waals surface area contributed by atoms with Crippen LogP contribution in [-0.4, -0.2) is 34.3 Å². The number of methoxy groups -OCH3 is 1. The molecule has 160 valence electrons. The molecule has 9 heteroatoms. The molecule has 3 heterocycles. The minimum absolute atomic E-state index is 0.0421. The number of nitrogens with zero attached hydrogens (tertiary/aromatic N) is 3. The van der Waals surface area contributed by atoms with Crippen molar-refractivity contribution in [2.45, 2.75) is 12.1 Å². The van der Waals surface area contributed by atoms with E-state index in [9.17, 15) is 4.79 Å². The molecular formula is C22H22ClN5O2S. The average Bonchev–Trinajstić information content (AvgIpc) is 3.32. The SMILES string of the molecule is COCC(=O)Nc1ccc(N2C(=S)N[C@H](c3ccccn3)[C@H]2c2cccn2C)cc1Cl. The van der Waals surface area contributed by atoms with Gasteiger partial charge in [-0.2, -0.15) is 0 Å². The molecule has 2 N–H and O–H groups in total. The number of carbonyl (C=O) groups excluding carboxylic acids is 1. The van der Waals surface area contributed by atoms with Gasteiger partial charge in [0.15, 0.2) is 5.11 Å². The number of hydrogen-bond donors (Lipinski definition) is 2. The molecule has 1 aliphatic rings. The number of pyridine rings is 1. The van der Waals surface area contributed by atoms with Crippen LogP contribution in [0.1, 0.15) is 23.5 Å². The Bertz CT molecular complexity index is 1100. The fourth-order valence-corrected chi connectivity index (χ4v) is 4.36. The van der Waals surface area contributed by atoms with E-state index in [2.05, 4.69) is 26.3 Å². The molecule has 0 spiro atoms. The first-order valence-electron chi connectivity index (χ1n) is 9.70. The third-order valence-corrected chi connectivity index (χ3v) is 5.79. The highest BCUT2D eigenvalue weighted by Gasteiger charge is 2.41. The van der Waals surface area contributed by atoms with Gasteiger partial charge in [-0.25, -0.2) is 0 Å². The first-order chi connectivity index (χ1) is 15.0. The molecule has 0 bridgehead atoms. The summed E-state index contributed by atoms with van der Waals surface area (Å²) in [5, 5.41) is 7.16. The summed E-state index contributed by atoms with van der Waals surface area (Å²) in [6, 6.07) is 15.1. The summed E-state index contributed by atoms with van der Waals surface area (Å²) in [5.41, 5.74) is 3.31. The highest BCUT2D eigenvalue weighted by molar-refractivity contribution is 7.80. The van der Waals surface area contributed by atoms with Gasteiger partial charge in [0.05, 0.1) is 22.4 Å². The monoisotopic (exact) mass is 455 g/mol. The number of nitrogens with one attached hydrogen (secondary N) is 2. The number of ether oxygens (including phenoxy) is 1. The normalized spacial score (nSPS) is 18.2. The first-order valence-corrected chi connectivity index (χ1v) is 10.5. The molecule has 1 aliphatic heterocycles. The molecule has 3 aromatic rings. The Kier molecular flexibility index (Phi) is 6.22. The van der Waals surface area contributed by atoms with Gasteiger partial charge in [0, 0.05) is 37.9 Å². The third kappa shape index (κ3) is 4.27. The molecule has 0 aliphatic carbocycles. The zero-order chi connectivity index (χ0) is 22.0. The standard InChI is InChI=1S/C22H22ClN5O2S/c1-27-11-5-7-18(27)21-20(17-6-3-4-10-24-17)26-22(31)28(21)14-8-9-16(15(23)12-14)25-19(29)13-30-2/h3-12,20-21H,13H2,1-2H3,(H,25,29)(H,26,31)/t20-,21-/m1/s1. The van der Waals surface area contributed by atoms with E-state index < -0.39 is 0 Å². The Morgan fingerprint density at radius 3 is 2.77 bits per heavy atom. The molecule has 1 amide bonds. The third-order valence-electron chi connectivity index (χ3n) is 5.17. The van der Waals surface area contributed by atoms with Crippen molar-refractivity contribution in [1.82, 2.24) is 14.9 Å². The van der Waals surface area contributed by atoms with Crippen LogP contribution >= 0.6 is 23.8 Å². The van der Waals surface area contributed by atoms with Gasteiger partial charge in [-0.05, 0) is 54.7 Å². The smallest absolute Gasteiger partial charge is 0.250 e. The maximum absolute atomic E-state index is 11.9. The Morgan fingerprint density at radius 2 is 2.13 bits per heavy atom. The van der Waals surface area contributed by atoms with E-state index >= 15 is 0 Å². The van der Waals surface area contributed by atoms with Crippen LogP contribution in [0.25, 0.3) is 0 Å². The molecule has 1 aromatic carbocycles. The largest absolute Gasteiger partial charge is 0.375 e. The first kappa shape index (κ1) is 21.3. The lowest BCUT2D eigenvalue weighted by atomic mass is 10.0. The topological polar surface area (TPSA) is 71.4 Å². The second kappa shape index (κ2) is 9.05. The maximum atomic E-state index is 11.9. The van der Waals surface area contributed by atoms with Crippen molar-refractivity contribution in [3.63, 3.8) is 0 Å². The van der Waals surface area contributed by atoms with Gasteiger partial charge in [0.1, 0.15) is 12.6 Å².